The van der Waals surface area contributed by atoms with E-state index >= 15 is 0 Å². The minimum Gasteiger partial charge on any atom is -0.481 e. The lowest BCUT2D eigenvalue weighted by molar-refractivity contribution is -0.150. The van der Waals surface area contributed by atoms with Gasteiger partial charge in [0, 0.05) is 13.5 Å². The number of carbonyl (C=O) groups is 2. The lowest BCUT2D eigenvalue weighted by Crippen LogP contribution is -2.42. The summed E-state index contributed by atoms with van der Waals surface area (Å²) in [5, 5.41) is 9.24. The number of hydrogen-bond acceptors (Lipinski definition) is 2. The summed E-state index contributed by atoms with van der Waals surface area (Å²) in [6.07, 6.45) is 0.731. The molecule has 4 heteroatoms. The second kappa shape index (κ2) is 4.57. The average Bonchev–Trinajstić information content (AvgIpc) is 2.33. The predicted octanol–water partition coefficient (Wildman–Crippen LogP) is 1.68. The van der Waals surface area contributed by atoms with E-state index in [2.05, 4.69) is 0 Å². The highest BCUT2D eigenvalue weighted by atomic mass is 16.4. The van der Waals surface area contributed by atoms with Crippen LogP contribution in [-0.2, 0) is 9.59 Å². The predicted molar refractivity (Wildman–Crippen MR) is 62.3 cm³/mol. The maximum Gasteiger partial charge on any atom is 0.308 e. The van der Waals surface area contributed by atoms with Crippen LogP contribution in [0.2, 0.25) is 0 Å². The van der Waals surface area contributed by atoms with Gasteiger partial charge in [-0.05, 0) is 12.0 Å². The quantitative estimate of drug-likeness (QED) is 0.845. The number of amides is 1. The van der Waals surface area contributed by atoms with Gasteiger partial charge in [-0.15, -0.1) is 0 Å². The molecule has 1 aromatic rings. The first-order chi connectivity index (χ1) is 8.11. The molecule has 4 nitrogen and oxygen atoms in total. The van der Waals surface area contributed by atoms with Crippen molar-refractivity contribution in [3.8, 4) is 0 Å². The van der Waals surface area contributed by atoms with Crippen molar-refractivity contribution in [1.82, 2.24) is 4.90 Å². The van der Waals surface area contributed by atoms with Gasteiger partial charge in [0.1, 0.15) is 0 Å². The van der Waals surface area contributed by atoms with E-state index in [4.69, 9.17) is 0 Å². The SMILES string of the molecule is CN1C(=O)CC[C@@H](C(=O)O)[C@@H]1c1ccccc1. The number of carboxylic acids is 1. The second-order valence-corrected chi connectivity index (χ2v) is 4.34. The van der Waals surface area contributed by atoms with Gasteiger partial charge in [-0.25, -0.2) is 0 Å². The van der Waals surface area contributed by atoms with Gasteiger partial charge in [-0.2, -0.15) is 0 Å². The topological polar surface area (TPSA) is 57.6 Å². The van der Waals surface area contributed by atoms with Crippen LogP contribution in [-0.4, -0.2) is 28.9 Å². The molecule has 1 amide bonds. The van der Waals surface area contributed by atoms with Gasteiger partial charge in [-0.1, -0.05) is 30.3 Å². The molecule has 1 heterocycles. The Kier molecular flexibility index (Phi) is 3.13. The zero-order valence-electron chi connectivity index (χ0n) is 9.67. The lowest BCUT2D eigenvalue weighted by atomic mass is 9.85. The van der Waals surface area contributed by atoms with Gasteiger partial charge in [0.25, 0.3) is 0 Å². The molecule has 0 saturated carbocycles. The number of carboxylic acid groups (broad SMARTS) is 1. The van der Waals surface area contributed by atoms with Gasteiger partial charge in [-0.3, -0.25) is 9.59 Å². The highest BCUT2D eigenvalue weighted by Gasteiger charge is 2.38. The van der Waals surface area contributed by atoms with Crippen molar-refractivity contribution >= 4 is 11.9 Å². The van der Waals surface area contributed by atoms with Crippen LogP contribution >= 0.6 is 0 Å². The first kappa shape index (κ1) is 11.6. The van der Waals surface area contributed by atoms with Crippen LogP contribution in [0.4, 0.5) is 0 Å². The Bertz CT molecular complexity index is 430. The molecule has 0 bridgehead atoms. The lowest BCUT2D eigenvalue weighted by Gasteiger charge is -2.37. The van der Waals surface area contributed by atoms with Crippen LogP contribution < -0.4 is 0 Å². The fraction of sp³-hybridized carbons (Fsp3) is 0.385. The molecule has 1 saturated heterocycles. The zero-order valence-corrected chi connectivity index (χ0v) is 9.67. The summed E-state index contributed by atoms with van der Waals surface area (Å²) >= 11 is 0. The van der Waals surface area contributed by atoms with Crippen molar-refractivity contribution < 1.29 is 14.7 Å². The Morgan fingerprint density at radius 1 is 1.35 bits per heavy atom. The first-order valence-electron chi connectivity index (χ1n) is 5.64. The molecule has 2 atom stereocenters. The van der Waals surface area contributed by atoms with Gasteiger partial charge in [0.2, 0.25) is 5.91 Å². The van der Waals surface area contributed by atoms with Crippen molar-refractivity contribution in [2.75, 3.05) is 7.05 Å². The number of rotatable bonds is 2. The highest BCUT2D eigenvalue weighted by molar-refractivity contribution is 5.81. The molecule has 17 heavy (non-hydrogen) atoms. The molecule has 1 N–H and O–H groups in total. The number of hydrogen-bond donors (Lipinski definition) is 1. The summed E-state index contributed by atoms with van der Waals surface area (Å²) in [5.74, 6) is -1.34. The molecule has 1 aliphatic heterocycles. The monoisotopic (exact) mass is 233 g/mol. The largest absolute Gasteiger partial charge is 0.481 e. The minimum absolute atomic E-state index is 0.0105. The van der Waals surface area contributed by atoms with E-state index in [1.807, 2.05) is 30.3 Å². The van der Waals surface area contributed by atoms with Crippen molar-refractivity contribution in [3.05, 3.63) is 35.9 Å². The molecule has 0 spiro atoms. The molecule has 1 fully saturated rings. The normalized spacial score (nSPS) is 24.8. The van der Waals surface area contributed by atoms with E-state index in [-0.39, 0.29) is 11.9 Å². The molecule has 90 valence electrons. The van der Waals surface area contributed by atoms with E-state index in [1.165, 1.54) is 0 Å². The van der Waals surface area contributed by atoms with Crippen LogP contribution in [0.3, 0.4) is 0 Å². The molecule has 0 unspecified atom stereocenters. The summed E-state index contributed by atoms with van der Waals surface area (Å²) in [7, 11) is 1.68. The Morgan fingerprint density at radius 3 is 2.59 bits per heavy atom. The number of aliphatic carboxylic acids is 1. The third-order valence-corrected chi connectivity index (χ3v) is 3.32. The molecular weight excluding hydrogens is 218 g/mol. The number of nitrogens with zero attached hydrogens (tertiary/aromatic N) is 1. The molecule has 0 aromatic heterocycles. The highest BCUT2D eigenvalue weighted by Crippen LogP contribution is 2.35. The van der Waals surface area contributed by atoms with Crippen LogP contribution in [0, 0.1) is 5.92 Å². The molecule has 1 aromatic carbocycles. The van der Waals surface area contributed by atoms with E-state index in [1.54, 1.807) is 11.9 Å². The van der Waals surface area contributed by atoms with Gasteiger partial charge in [0.05, 0.1) is 12.0 Å². The second-order valence-electron chi connectivity index (χ2n) is 4.34. The van der Waals surface area contributed by atoms with Gasteiger partial charge < -0.3 is 10.0 Å². The third-order valence-electron chi connectivity index (χ3n) is 3.32. The van der Waals surface area contributed by atoms with Crippen LogP contribution in [0.1, 0.15) is 24.4 Å². The third kappa shape index (κ3) is 2.16. The Labute approximate surface area is 99.9 Å². The Balaban J connectivity index is 2.37. The molecule has 1 aliphatic rings. The fourth-order valence-corrected chi connectivity index (χ4v) is 2.40. The van der Waals surface area contributed by atoms with Crippen molar-refractivity contribution in [1.29, 1.82) is 0 Å². The summed E-state index contributed by atoms with van der Waals surface area (Å²) in [6, 6.07) is 8.99. The smallest absolute Gasteiger partial charge is 0.308 e. The number of benzene rings is 1. The molecule has 0 aliphatic carbocycles. The maximum absolute atomic E-state index is 11.7. The molecule has 0 radical (unpaired) electrons. The zero-order chi connectivity index (χ0) is 12.4. The summed E-state index contributed by atoms with van der Waals surface area (Å²) in [6.45, 7) is 0. The van der Waals surface area contributed by atoms with E-state index in [0.29, 0.717) is 12.8 Å². The Hall–Kier alpha value is -1.84. The summed E-state index contributed by atoms with van der Waals surface area (Å²) in [5.41, 5.74) is 0.885. The van der Waals surface area contributed by atoms with E-state index < -0.39 is 11.9 Å². The molecular formula is C13H15NO3. The van der Waals surface area contributed by atoms with Crippen LogP contribution in [0.15, 0.2) is 30.3 Å². The van der Waals surface area contributed by atoms with Crippen molar-refractivity contribution in [3.63, 3.8) is 0 Å². The number of likely N-dealkylation sites (tertiary alicyclic amines) is 1. The van der Waals surface area contributed by atoms with Crippen molar-refractivity contribution in [2.45, 2.75) is 18.9 Å². The number of carbonyl (C=O) groups excluding carboxylic acids is 1. The van der Waals surface area contributed by atoms with Crippen LogP contribution in [0.5, 0.6) is 0 Å². The summed E-state index contributed by atoms with van der Waals surface area (Å²) < 4.78 is 0. The standard InChI is InChI=1S/C13H15NO3/c1-14-11(15)8-7-10(13(16)17)12(14)9-5-3-2-4-6-9/h2-6,10,12H,7-8H2,1H3,(H,16,17)/t10-,12+/m1/s1. The average molecular weight is 233 g/mol. The van der Waals surface area contributed by atoms with Gasteiger partial charge >= 0.3 is 5.97 Å². The molecule has 2 rings (SSSR count). The van der Waals surface area contributed by atoms with Crippen LogP contribution in [0.25, 0.3) is 0 Å². The van der Waals surface area contributed by atoms with Gasteiger partial charge in [0.15, 0.2) is 0 Å². The van der Waals surface area contributed by atoms with E-state index in [0.717, 1.165) is 5.56 Å². The first-order valence-corrected chi connectivity index (χ1v) is 5.64. The minimum atomic E-state index is -0.835. The number of piperidine rings is 1. The Morgan fingerprint density at radius 2 is 2.00 bits per heavy atom. The van der Waals surface area contributed by atoms with Crippen molar-refractivity contribution in [2.24, 2.45) is 5.92 Å². The fourth-order valence-electron chi connectivity index (χ4n) is 2.40. The maximum atomic E-state index is 11.7. The van der Waals surface area contributed by atoms with E-state index in [9.17, 15) is 14.7 Å². The summed E-state index contributed by atoms with van der Waals surface area (Å²) in [4.78, 5) is 24.5.